The number of hydrogen-bond acceptors (Lipinski definition) is 8. The molecular weight excluding hydrogens is 456 g/mol. The van der Waals surface area contributed by atoms with Crippen LogP contribution in [0, 0.1) is 6.92 Å². The standard InChI is InChI=1S/C20H19ClN6O2S2/c1-12-9-17(28)27-19(22-12)31-16(25-27)11-30-20-24-23-18(13-4-6-14(21)7-5-13)26(20)10-15-3-2-8-29-15/h4-7,9,15H,2-3,8,10-11H2,1H3/t15-/m1/s1. The van der Waals surface area contributed by atoms with Gasteiger partial charge in [-0.25, -0.2) is 4.98 Å². The number of aromatic nitrogens is 6. The van der Waals surface area contributed by atoms with E-state index >= 15 is 0 Å². The van der Waals surface area contributed by atoms with Gasteiger partial charge in [-0.2, -0.15) is 9.61 Å². The fourth-order valence-electron chi connectivity index (χ4n) is 3.51. The summed E-state index contributed by atoms with van der Waals surface area (Å²) >= 11 is 9.00. The van der Waals surface area contributed by atoms with Gasteiger partial charge >= 0.3 is 0 Å². The molecule has 0 bridgehead atoms. The highest BCUT2D eigenvalue weighted by Gasteiger charge is 2.22. The Labute approximate surface area is 191 Å². The van der Waals surface area contributed by atoms with Crippen LogP contribution >= 0.6 is 34.7 Å². The summed E-state index contributed by atoms with van der Waals surface area (Å²) in [6.45, 7) is 3.28. The summed E-state index contributed by atoms with van der Waals surface area (Å²) in [5, 5.41) is 15.6. The lowest BCUT2D eigenvalue weighted by Crippen LogP contribution is -2.16. The van der Waals surface area contributed by atoms with Gasteiger partial charge in [0.2, 0.25) is 4.96 Å². The Morgan fingerprint density at radius 2 is 2.13 bits per heavy atom. The molecule has 4 heterocycles. The van der Waals surface area contributed by atoms with Crippen LogP contribution in [-0.4, -0.2) is 42.1 Å². The normalized spacial score (nSPS) is 16.4. The van der Waals surface area contributed by atoms with Crippen molar-refractivity contribution < 1.29 is 4.74 Å². The van der Waals surface area contributed by atoms with Crippen molar-refractivity contribution in [2.24, 2.45) is 0 Å². The van der Waals surface area contributed by atoms with Gasteiger partial charge in [0.25, 0.3) is 5.56 Å². The zero-order chi connectivity index (χ0) is 21.4. The summed E-state index contributed by atoms with van der Waals surface area (Å²) in [5.74, 6) is 1.35. The molecule has 0 aliphatic carbocycles. The number of hydrogen-bond donors (Lipinski definition) is 0. The van der Waals surface area contributed by atoms with E-state index in [0.717, 1.165) is 41.0 Å². The molecule has 1 aliphatic rings. The summed E-state index contributed by atoms with van der Waals surface area (Å²) in [5.41, 5.74) is 1.48. The topological polar surface area (TPSA) is 87.2 Å². The zero-order valence-electron chi connectivity index (χ0n) is 16.7. The Kier molecular flexibility index (Phi) is 5.79. The smallest absolute Gasteiger partial charge is 0.275 e. The molecule has 5 rings (SSSR count). The van der Waals surface area contributed by atoms with Crippen LogP contribution in [0.3, 0.4) is 0 Å². The summed E-state index contributed by atoms with van der Waals surface area (Å²) in [6, 6.07) is 9.08. The minimum atomic E-state index is -0.165. The van der Waals surface area contributed by atoms with E-state index in [1.54, 1.807) is 6.92 Å². The van der Waals surface area contributed by atoms with Crippen LogP contribution in [-0.2, 0) is 17.0 Å². The molecule has 0 unspecified atom stereocenters. The molecule has 1 aromatic carbocycles. The fraction of sp³-hybridized carbons (Fsp3) is 0.350. The molecule has 31 heavy (non-hydrogen) atoms. The van der Waals surface area contributed by atoms with Crippen LogP contribution < -0.4 is 5.56 Å². The minimum absolute atomic E-state index is 0.148. The number of rotatable bonds is 6. The summed E-state index contributed by atoms with van der Waals surface area (Å²) in [7, 11) is 0. The van der Waals surface area contributed by atoms with Crippen molar-refractivity contribution in [3.63, 3.8) is 0 Å². The number of fused-ring (bicyclic) bond motifs is 1. The van der Waals surface area contributed by atoms with Gasteiger partial charge in [-0.15, -0.1) is 10.2 Å². The minimum Gasteiger partial charge on any atom is -0.376 e. The monoisotopic (exact) mass is 474 g/mol. The first-order chi connectivity index (χ1) is 15.1. The third kappa shape index (κ3) is 4.38. The second-order valence-corrected chi connectivity index (χ2v) is 9.69. The van der Waals surface area contributed by atoms with E-state index < -0.39 is 0 Å². The van der Waals surface area contributed by atoms with Crippen LogP contribution in [0.5, 0.6) is 0 Å². The van der Waals surface area contributed by atoms with E-state index in [1.807, 2.05) is 24.3 Å². The number of aryl methyl sites for hydroxylation is 1. The molecule has 4 aromatic rings. The summed E-state index contributed by atoms with van der Waals surface area (Å²) in [4.78, 5) is 17.1. The molecule has 1 aliphatic heterocycles. The summed E-state index contributed by atoms with van der Waals surface area (Å²) < 4.78 is 9.31. The predicted molar refractivity (Wildman–Crippen MR) is 121 cm³/mol. The molecule has 11 heteroatoms. The summed E-state index contributed by atoms with van der Waals surface area (Å²) in [6.07, 6.45) is 2.24. The lowest BCUT2D eigenvalue weighted by Gasteiger charge is -2.14. The molecule has 1 fully saturated rings. The number of ether oxygens (including phenoxy) is 1. The Bertz CT molecular complexity index is 1280. The molecule has 1 saturated heterocycles. The zero-order valence-corrected chi connectivity index (χ0v) is 19.1. The van der Waals surface area contributed by atoms with Crippen molar-refractivity contribution in [2.75, 3.05) is 6.61 Å². The lowest BCUT2D eigenvalue weighted by molar-refractivity contribution is 0.0953. The highest BCUT2D eigenvalue weighted by molar-refractivity contribution is 7.98. The number of halogens is 1. The number of benzene rings is 1. The molecular formula is C20H19ClN6O2S2. The van der Waals surface area contributed by atoms with Gasteiger partial charge in [-0.1, -0.05) is 34.7 Å². The molecule has 1 atom stereocenters. The maximum absolute atomic E-state index is 12.1. The van der Waals surface area contributed by atoms with Crippen molar-refractivity contribution >= 4 is 39.7 Å². The third-order valence-corrected chi connectivity index (χ3v) is 7.29. The largest absolute Gasteiger partial charge is 0.376 e. The molecule has 0 radical (unpaired) electrons. The molecule has 0 saturated carbocycles. The maximum Gasteiger partial charge on any atom is 0.275 e. The van der Waals surface area contributed by atoms with Gasteiger partial charge in [0.15, 0.2) is 11.0 Å². The average molecular weight is 475 g/mol. The lowest BCUT2D eigenvalue weighted by atomic mass is 10.2. The van der Waals surface area contributed by atoms with Crippen molar-refractivity contribution in [3.8, 4) is 11.4 Å². The van der Waals surface area contributed by atoms with Crippen molar-refractivity contribution in [1.29, 1.82) is 0 Å². The van der Waals surface area contributed by atoms with Crippen molar-refractivity contribution in [1.82, 2.24) is 29.4 Å². The fourth-order valence-corrected chi connectivity index (χ4v) is 5.51. The second-order valence-electron chi connectivity index (χ2n) is 7.27. The van der Waals surface area contributed by atoms with E-state index in [0.29, 0.717) is 28.0 Å². The third-order valence-electron chi connectivity index (χ3n) is 4.97. The van der Waals surface area contributed by atoms with Gasteiger partial charge < -0.3 is 4.74 Å². The first-order valence-corrected chi connectivity index (χ1v) is 12.0. The SMILES string of the molecule is Cc1cc(=O)n2nc(CSc3nnc(-c4ccc(Cl)cc4)n3C[C@H]3CCCO3)sc2n1. The van der Waals surface area contributed by atoms with E-state index in [1.165, 1.54) is 33.7 Å². The van der Waals surface area contributed by atoms with E-state index in [9.17, 15) is 4.79 Å². The van der Waals surface area contributed by atoms with Gasteiger partial charge in [0.05, 0.1) is 18.4 Å². The number of nitrogens with zero attached hydrogens (tertiary/aromatic N) is 6. The predicted octanol–water partition coefficient (Wildman–Crippen LogP) is 3.84. The highest BCUT2D eigenvalue weighted by atomic mass is 35.5. The van der Waals surface area contributed by atoms with Gasteiger partial charge in [-0.05, 0) is 44.0 Å². The van der Waals surface area contributed by atoms with E-state index in [-0.39, 0.29) is 11.7 Å². The van der Waals surface area contributed by atoms with E-state index in [2.05, 4.69) is 24.8 Å². The van der Waals surface area contributed by atoms with Crippen molar-refractivity contribution in [2.45, 2.75) is 43.3 Å². The Morgan fingerprint density at radius 3 is 2.90 bits per heavy atom. The Balaban J connectivity index is 1.43. The van der Waals surface area contributed by atoms with E-state index in [4.69, 9.17) is 16.3 Å². The highest BCUT2D eigenvalue weighted by Crippen LogP contribution is 2.29. The Hall–Kier alpha value is -2.27. The van der Waals surface area contributed by atoms with Crippen LogP contribution in [0.2, 0.25) is 5.02 Å². The molecule has 0 amide bonds. The Morgan fingerprint density at radius 1 is 1.29 bits per heavy atom. The van der Waals surface area contributed by atoms with Crippen LogP contribution in [0.25, 0.3) is 16.3 Å². The van der Waals surface area contributed by atoms with Gasteiger partial charge in [0.1, 0.15) is 5.01 Å². The molecule has 0 spiro atoms. The molecule has 3 aromatic heterocycles. The van der Waals surface area contributed by atoms with Crippen LogP contribution in [0.1, 0.15) is 23.5 Å². The second kappa shape index (κ2) is 8.70. The van der Waals surface area contributed by atoms with Gasteiger partial charge in [0, 0.05) is 29.0 Å². The number of thioether (sulfide) groups is 1. The average Bonchev–Trinajstić information content (AvgIpc) is 3.48. The first kappa shape index (κ1) is 20.6. The van der Waals surface area contributed by atoms with Crippen LogP contribution in [0.15, 0.2) is 40.3 Å². The maximum atomic E-state index is 12.1. The first-order valence-electron chi connectivity index (χ1n) is 9.87. The van der Waals surface area contributed by atoms with Crippen molar-refractivity contribution in [3.05, 3.63) is 56.4 Å². The molecule has 8 nitrogen and oxygen atoms in total. The molecule has 160 valence electrons. The molecule has 0 N–H and O–H groups in total. The van der Waals surface area contributed by atoms with Crippen LogP contribution in [0.4, 0.5) is 0 Å². The quantitative estimate of drug-likeness (QED) is 0.392. The van der Waals surface area contributed by atoms with Gasteiger partial charge in [-0.3, -0.25) is 9.36 Å².